The lowest BCUT2D eigenvalue weighted by Crippen LogP contribution is -2.24. The first kappa shape index (κ1) is 21.1. The predicted octanol–water partition coefficient (Wildman–Crippen LogP) is 4.86. The van der Waals surface area contributed by atoms with E-state index < -0.39 is 0 Å². The minimum absolute atomic E-state index is 0.0867. The van der Waals surface area contributed by atoms with Gasteiger partial charge < -0.3 is 9.47 Å². The average molecular weight is 481 g/mol. The molecule has 0 aromatic heterocycles. The number of hydrogen-bond acceptors (Lipinski definition) is 6. The third-order valence-corrected chi connectivity index (χ3v) is 7.53. The quantitative estimate of drug-likeness (QED) is 0.431. The Balaban J connectivity index is 1.44. The van der Waals surface area contributed by atoms with Gasteiger partial charge in [-0.1, -0.05) is 12.1 Å². The third-order valence-electron chi connectivity index (χ3n) is 3.80. The smallest absolute Gasteiger partial charge is 0.277 e. The van der Waals surface area contributed by atoms with Crippen molar-refractivity contribution in [1.29, 1.82) is 0 Å². The van der Waals surface area contributed by atoms with Crippen molar-refractivity contribution in [3.05, 3.63) is 58.1 Å². The number of thioether (sulfide) groups is 2. The zero-order chi connectivity index (χ0) is 19.8. The van der Waals surface area contributed by atoms with Crippen LogP contribution in [0.25, 0.3) is 0 Å². The van der Waals surface area contributed by atoms with Gasteiger partial charge in [0.1, 0.15) is 11.5 Å². The van der Waals surface area contributed by atoms with Gasteiger partial charge in [-0.3, -0.25) is 4.79 Å². The number of rotatable bonds is 8. The molecule has 0 atom stereocenters. The minimum atomic E-state index is -0.313. The topological polar surface area (TPSA) is 59.9 Å². The molecule has 1 aliphatic rings. The summed E-state index contributed by atoms with van der Waals surface area (Å²) >= 11 is 7.38. The summed E-state index contributed by atoms with van der Waals surface area (Å²) in [5.41, 5.74) is 4.60. The van der Waals surface area contributed by atoms with Crippen molar-refractivity contribution in [1.82, 2.24) is 5.43 Å². The molecule has 0 bridgehead atoms. The lowest BCUT2D eigenvalue weighted by atomic mass is 10.2. The standard InChI is InChI=1S/C20H21BrN2O3S2/c1-2-25-18-8-3-14(11-17(18)21)12-22-23-19(24)13-26-16-6-4-15(5-7-16)20-27-9-10-28-20/h3-8,11-12,20H,2,9-10,13H2,1H3,(H,23,24)/b22-12-. The highest BCUT2D eigenvalue weighted by Gasteiger charge is 2.17. The zero-order valence-corrected chi connectivity index (χ0v) is 18.6. The van der Waals surface area contributed by atoms with Crippen molar-refractivity contribution in [3.63, 3.8) is 0 Å². The van der Waals surface area contributed by atoms with Gasteiger partial charge in [-0.25, -0.2) is 5.43 Å². The van der Waals surface area contributed by atoms with E-state index in [9.17, 15) is 4.79 Å². The number of benzene rings is 2. The van der Waals surface area contributed by atoms with Crippen molar-refractivity contribution < 1.29 is 14.3 Å². The van der Waals surface area contributed by atoms with Crippen molar-refractivity contribution in [3.8, 4) is 11.5 Å². The van der Waals surface area contributed by atoms with Crippen molar-refractivity contribution in [2.24, 2.45) is 5.10 Å². The Morgan fingerprint density at radius 1 is 1.21 bits per heavy atom. The summed E-state index contributed by atoms with van der Waals surface area (Å²) in [6.07, 6.45) is 1.57. The highest BCUT2D eigenvalue weighted by atomic mass is 79.9. The fourth-order valence-corrected chi connectivity index (χ4v) is 5.87. The van der Waals surface area contributed by atoms with Gasteiger partial charge in [0.05, 0.1) is 21.9 Å². The normalized spacial score (nSPS) is 14.4. The molecule has 1 amide bonds. The largest absolute Gasteiger partial charge is 0.493 e. The molecule has 8 heteroatoms. The van der Waals surface area contributed by atoms with Gasteiger partial charge in [-0.2, -0.15) is 5.10 Å². The molecule has 2 aromatic rings. The van der Waals surface area contributed by atoms with Crippen molar-refractivity contribution in [2.75, 3.05) is 24.7 Å². The Morgan fingerprint density at radius 3 is 2.64 bits per heavy atom. The molecule has 1 N–H and O–H groups in total. The summed E-state index contributed by atoms with van der Waals surface area (Å²) in [5, 5.41) is 3.97. The van der Waals surface area contributed by atoms with Crippen LogP contribution in [0.3, 0.4) is 0 Å². The highest BCUT2D eigenvalue weighted by molar-refractivity contribution is 9.10. The summed E-state index contributed by atoms with van der Waals surface area (Å²) in [5.74, 6) is 3.52. The van der Waals surface area contributed by atoms with Gasteiger partial charge in [0.25, 0.3) is 5.91 Å². The molecular formula is C20H21BrN2O3S2. The second-order valence-electron chi connectivity index (χ2n) is 5.85. The van der Waals surface area contributed by atoms with E-state index in [1.807, 2.05) is 60.8 Å². The molecule has 1 aliphatic heterocycles. The molecule has 1 fully saturated rings. The van der Waals surface area contributed by atoms with Crippen LogP contribution in [-0.2, 0) is 4.79 Å². The molecule has 2 aromatic carbocycles. The minimum Gasteiger partial charge on any atom is -0.493 e. The van der Waals surface area contributed by atoms with Crippen molar-refractivity contribution in [2.45, 2.75) is 11.5 Å². The van der Waals surface area contributed by atoms with Gasteiger partial charge in [-0.05, 0) is 64.3 Å². The van der Waals surface area contributed by atoms with Crippen LogP contribution in [0.2, 0.25) is 0 Å². The lowest BCUT2D eigenvalue weighted by Gasteiger charge is -2.10. The van der Waals surface area contributed by atoms with Crippen LogP contribution in [0.15, 0.2) is 52.0 Å². The maximum Gasteiger partial charge on any atom is 0.277 e. The van der Waals surface area contributed by atoms with Gasteiger partial charge >= 0.3 is 0 Å². The first-order chi connectivity index (χ1) is 13.7. The van der Waals surface area contributed by atoms with Crippen molar-refractivity contribution >= 4 is 51.6 Å². The maximum absolute atomic E-state index is 11.9. The number of amides is 1. The van der Waals surface area contributed by atoms with E-state index in [4.69, 9.17) is 9.47 Å². The fourth-order valence-electron chi connectivity index (χ4n) is 2.50. The van der Waals surface area contributed by atoms with E-state index >= 15 is 0 Å². The average Bonchev–Trinajstić information content (AvgIpc) is 3.24. The molecule has 3 rings (SSSR count). The van der Waals surface area contributed by atoms with Crippen LogP contribution in [-0.4, -0.2) is 36.8 Å². The van der Waals surface area contributed by atoms with Gasteiger partial charge in [-0.15, -0.1) is 23.5 Å². The first-order valence-electron chi connectivity index (χ1n) is 8.86. The second-order valence-corrected chi connectivity index (χ2v) is 9.43. The number of hydrogen-bond donors (Lipinski definition) is 1. The third kappa shape index (κ3) is 6.18. The Morgan fingerprint density at radius 2 is 1.96 bits per heavy atom. The summed E-state index contributed by atoms with van der Waals surface area (Å²) in [6, 6.07) is 13.5. The fraction of sp³-hybridized carbons (Fsp3) is 0.300. The van der Waals surface area contributed by atoms with Gasteiger partial charge in [0.2, 0.25) is 0 Å². The van der Waals surface area contributed by atoms with E-state index in [0.29, 0.717) is 16.9 Å². The summed E-state index contributed by atoms with van der Waals surface area (Å²) < 4.78 is 12.3. The van der Waals surface area contributed by atoms with E-state index in [2.05, 4.69) is 38.6 Å². The van der Waals surface area contributed by atoms with Crippen LogP contribution < -0.4 is 14.9 Å². The molecule has 28 heavy (non-hydrogen) atoms. The summed E-state index contributed by atoms with van der Waals surface area (Å²) in [4.78, 5) is 11.9. The van der Waals surface area contributed by atoms with Crippen LogP contribution in [0.5, 0.6) is 11.5 Å². The molecule has 0 unspecified atom stereocenters. The number of carbonyl (C=O) groups is 1. The van der Waals surface area contributed by atoms with Gasteiger partial charge in [0.15, 0.2) is 6.61 Å². The number of nitrogens with zero attached hydrogens (tertiary/aromatic N) is 1. The van der Waals surface area contributed by atoms with Crippen LogP contribution in [0.4, 0.5) is 0 Å². The number of hydrazone groups is 1. The number of carbonyl (C=O) groups excluding carboxylic acids is 1. The van der Waals surface area contributed by atoms with Crippen LogP contribution in [0, 0.1) is 0 Å². The monoisotopic (exact) mass is 480 g/mol. The lowest BCUT2D eigenvalue weighted by molar-refractivity contribution is -0.123. The SMILES string of the molecule is CCOc1ccc(/C=N\NC(=O)COc2ccc(C3SCCS3)cc2)cc1Br. The first-order valence-corrected chi connectivity index (χ1v) is 11.7. The molecule has 1 heterocycles. The molecule has 1 saturated heterocycles. The maximum atomic E-state index is 11.9. The zero-order valence-electron chi connectivity index (χ0n) is 15.4. The predicted molar refractivity (Wildman–Crippen MR) is 121 cm³/mol. The van der Waals surface area contributed by atoms with E-state index in [0.717, 1.165) is 15.8 Å². The molecule has 0 radical (unpaired) electrons. The van der Waals surface area contributed by atoms with Crippen LogP contribution >= 0.6 is 39.5 Å². The van der Waals surface area contributed by atoms with E-state index in [1.165, 1.54) is 17.1 Å². The molecule has 0 aliphatic carbocycles. The summed E-state index contributed by atoms with van der Waals surface area (Å²) in [7, 11) is 0. The van der Waals surface area contributed by atoms with Crippen LogP contribution in [0.1, 0.15) is 22.6 Å². The Hall–Kier alpha value is -1.64. The van der Waals surface area contributed by atoms with E-state index in [1.54, 1.807) is 6.21 Å². The molecular weight excluding hydrogens is 460 g/mol. The molecule has 0 saturated carbocycles. The highest BCUT2D eigenvalue weighted by Crippen LogP contribution is 2.45. The number of halogens is 1. The Kier molecular flexibility index (Phi) is 8.12. The molecule has 148 valence electrons. The molecule has 0 spiro atoms. The second kappa shape index (κ2) is 10.8. The van der Waals surface area contributed by atoms with E-state index in [-0.39, 0.29) is 12.5 Å². The number of nitrogens with one attached hydrogen (secondary N) is 1. The Bertz CT molecular complexity index is 825. The Labute approximate surface area is 181 Å². The molecule has 5 nitrogen and oxygen atoms in total. The van der Waals surface area contributed by atoms with Gasteiger partial charge in [0, 0.05) is 11.5 Å². The summed E-state index contributed by atoms with van der Waals surface area (Å²) in [6.45, 7) is 2.45. The number of ether oxygens (including phenoxy) is 2.